The maximum Gasteiger partial charge on any atom is 0.315 e. The maximum atomic E-state index is 11.7. The van der Waals surface area contributed by atoms with Gasteiger partial charge in [0.15, 0.2) is 0 Å². The minimum Gasteiger partial charge on any atom is -0.497 e. The Hall–Kier alpha value is -2.69. The predicted octanol–water partition coefficient (Wildman–Crippen LogP) is 3.27. The Bertz CT molecular complexity index is 624. The minimum absolute atomic E-state index is 0.167. The van der Waals surface area contributed by atoms with Crippen molar-refractivity contribution in [2.75, 3.05) is 20.3 Å². The van der Waals surface area contributed by atoms with Gasteiger partial charge in [-0.1, -0.05) is 29.8 Å². The largest absolute Gasteiger partial charge is 0.497 e. The number of rotatable bonds is 8. The molecule has 2 amide bonds. The van der Waals surface area contributed by atoms with Crippen LogP contribution in [0, 0.1) is 6.92 Å². The average molecular weight is 328 g/mol. The number of hydrogen-bond acceptors (Lipinski definition) is 3. The van der Waals surface area contributed by atoms with Crippen LogP contribution in [0.5, 0.6) is 11.5 Å². The van der Waals surface area contributed by atoms with Crippen molar-refractivity contribution in [3.8, 4) is 11.5 Å². The Morgan fingerprint density at radius 2 is 1.62 bits per heavy atom. The molecule has 0 aliphatic carbocycles. The van der Waals surface area contributed by atoms with Crippen LogP contribution in [-0.2, 0) is 6.54 Å². The van der Waals surface area contributed by atoms with Crippen LogP contribution in [0.3, 0.4) is 0 Å². The van der Waals surface area contributed by atoms with Gasteiger partial charge in [-0.05, 0) is 43.2 Å². The highest BCUT2D eigenvalue weighted by Crippen LogP contribution is 2.16. The molecule has 0 spiro atoms. The van der Waals surface area contributed by atoms with E-state index in [2.05, 4.69) is 10.6 Å². The third kappa shape index (κ3) is 6.20. The molecule has 0 saturated heterocycles. The van der Waals surface area contributed by atoms with Crippen LogP contribution in [0.25, 0.3) is 0 Å². The number of aryl methyl sites for hydroxylation is 1. The number of ether oxygens (including phenoxy) is 2. The number of carbonyl (C=O) groups is 1. The molecule has 0 aliphatic rings. The maximum absolute atomic E-state index is 11.7. The molecule has 0 unspecified atom stereocenters. The average Bonchev–Trinajstić information content (AvgIpc) is 2.61. The van der Waals surface area contributed by atoms with Gasteiger partial charge in [-0.3, -0.25) is 0 Å². The van der Waals surface area contributed by atoms with E-state index in [9.17, 15) is 4.79 Å². The van der Waals surface area contributed by atoms with Crippen LogP contribution in [0.2, 0.25) is 0 Å². The molecule has 2 N–H and O–H groups in total. The van der Waals surface area contributed by atoms with Crippen LogP contribution in [0.4, 0.5) is 4.79 Å². The van der Waals surface area contributed by atoms with Gasteiger partial charge in [0.25, 0.3) is 0 Å². The molecule has 5 heteroatoms. The second-order valence-electron chi connectivity index (χ2n) is 5.47. The van der Waals surface area contributed by atoms with E-state index < -0.39 is 0 Å². The van der Waals surface area contributed by atoms with Crippen molar-refractivity contribution < 1.29 is 14.3 Å². The van der Waals surface area contributed by atoms with Crippen LogP contribution in [0.15, 0.2) is 48.5 Å². The summed E-state index contributed by atoms with van der Waals surface area (Å²) in [7, 11) is 1.63. The summed E-state index contributed by atoms with van der Waals surface area (Å²) in [4.78, 5) is 11.7. The lowest BCUT2D eigenvalue weighted by molar-refractivity contribution is 0.238. The second kappa shape index (κ2) is 9.45. The molecular formula is C19H24N2O3. The molecule has 0 fully saturated rings. The molecular weight excluding hydrogens is 304 g/mol. The number of urea groups is 1. The standard InChI is InChI=1S/C19H24N2O3/c1-15-4-6-16(7-5-15)14-21-19(22)20-12-3-13-24-18-10-8-17(23-2)9-11-18/h4-11H,3,12-14H2,1-2H3,(H2,20,21,22). The summed E-state index contributed by atoms with van der Waals surface area (Å²) in [6.45, 7) is 3.67. The minimum atomic E-state index is -0.167. The molecule has 2 rings (SSSR count). The first-order valence-corrected chi connectivity index (χ1v) is 8.01. The molecule has 2 aromatic rings. The molecule has 24 heavy (non-hydrogen) atoms. The van der Waals surface area contributed by atoms with Gasteiger partial charge in [-0.2, -0.15) is 0 Å². The lowest BCUT2D eigenvalue weighted by atomic mass is 10.1. The molecule has 128 valence electrons. The highest BCUT2D eigenvalue weighted by Gasteiger charge is 2.00. The predicted molar refractivity (Wildman–Crippen MR) is 94.5 cm³/mol. The molecule has 2 aromatic carbocycles. The van der Waals surface area contributed by atoms with E-state index in [4.69, 9.17) is 9.47 Å². The van der Waals surface area contributed by atoms with Crippen LogP contribution < -0.4 is 20.1 Å². The summed E-state index contributed by atoms with van der Waals surface area (Å²) in [6, 6.07) is 15.4. The molecule has 0 heterocycles. The fourth-order valence-electron chi connectivity index (χ4n) is 2.09. The van der Waals surface area contributed by atoms with Crippen LogP contribution in [-0.4, -0.2) is 26.3 Å². The van der Waals surface area contributed by atoms with Crippen molar-refractivity contribution >= 4 is 6.03 Å². The van der Waals surface area contributed by atoms with Crippen molar-refractivity contribution in [1.29, 1.82) is 0 Å². The zero-order chi connectivity index (χ0) is 17.2. The first-order valence-electron chi connectivity index (χ1n) is 8.01. The number of benzene rings is 2. The van der Waals surface area contributed by atoms with Gasteiger partial charge in [0.1, 0.15) is 11.5 Å². The SMILES string of the molecule is COc1ccc(OCCCNC(=O)NCc2ccc(C)cc2)cc1. The fourth-order valence-corrected chi connectivity index (χ4v) is 2.09. The van der Waals surface area contributed by atoms with E-state index >= 15 is 0 Å². The molecule has 0 radical (unpaired) electrons. The van der Waals surface area contributed by atoms with Gasteiger partial charge >= 0.3 is 6.03 Å². The van der Waals surface area contributed by atoms with Crippen molar-refractivity contribution in [2.45, 2.75) is 19.9 Å². The summed E-state index contributed by atoms with van der Waals surface area (Å²) in [5, 5.41) is 5.65. The van der Waals surface area contributed by atoms with Gasteiger partial charge in [0.05, 0.1) is 13.7 Å². The summed E-state index contributed by atoms with van der Waals surface area (Å²) in [5.74, 6) is 1.59. The number of methoxy groups -OCH3 is 1. The number of amides is 2. The van der Waals surface area contributed by atoms with E-state index in [0.29, 0.717) is 19.7 Å². The molecule has 0 aromatic heterocycles. The Labute approximate surface area is 143 Å². The van der Waals surface area contributed by atoms with Gasteiger partial charge in [-0.25, -0.2) is 4.79 Å². The molecule has 0 aliphatic heterocycles. The van der Waals surface area contributed by atoms with E-state index in [1.165, 1.54) is 5.56 Å². The topological polar surface area (TPSA) is 59.6 Å². The Morgan fingerprint density at radius 1 is 0.958 bits per heavy atom. The lowest BCUT2D eigenvalue weighted by Gasteiger charge is -2.09. The Kier molecular flexibility index (Phi) is 6.95. The van der Waals surface area contributed by atoms with Gasteiger partial charge < -0.3 is 20.1 Å². The highest BCUT2D eigenvalue weighted by molar-refractivity contribution is 5.73. The zero-order valence-electron chi connectivity index (χ0n) is 14.2. The van der Waals surface area contributed by atoms with Crippen molar-refractivity contribution in [3.05, 3.63) is 59.7 Å². The third-order valence-electron chi connectivity index (χ3n) is 3.51. The van der Waals surface area contributed by atoms with E-state index in [-0.39, 0.29) is 6.03 Å². The normalized spacial score (nSPS) is 10.1. The fraction of sp³-hybridized carbons (Fsp3) is 0.316. The third-order valence-corrected chi connectivity index (χ3v) is 3.51. The first kappa shape index (κ1) is 17.7. The second-order valence-corrected chi connectivity index (χ2v) is 5.47. The highest BCUT2D eigenvalue weighted by atomic mass is 16.5. The number of carbonyl (C=O) groups excluding carboxylic acids is 1. The molecule has 0 atom stereocenters. The van der Waals surface area contributed by atoms with E-state index in [1.54, 1.807) is 7.11 Å². The Morgan fingerprint density at radius 3 is 2.29 bits per heavy atom. The summed E-state index contributed by atoms with van der Waals surface area (Å²) in [5.41, 5.74) is 2.29. The number of nitrogens with one attached hydrogen (secondary N) is 2. The monoisotopic (exact) mass is 328 g/mol. The summed E-state index contributed by atoms with van der Waals surface area (Å²) >= 11 is 0. The van der Waals surface area contributed by atoms with Crippen molar-refractivity contribution in [3.63, 3.8) is 0 Å². The van der Waals surface area contributed by atoms with Crippen molar-refractivity contribution in [1.82, 2.24) is 10.6 Å². The van der Waals surface area contributed by atoms with Crippen LogP contribution >= 0.6 is 0 Å². The lowest BCUT2D eigenvalue weighted by Crippen LogP contribution is -2.35. The first-order chi connectivity index (χ1) is 11.7. The van der Waals surface area contributed by atoms with Gasteiger partial charge in [-0.15, -0.1) is 0 Å². The van der Waals surface area contributed by atoms with Gasteiger partial charge in [0.2, 0.25) is 0 Å². The van der Waals surface area contributed by atoms with E-state index in [1.807, 2.05) is 55.5 Å². The molecule has 5 nitrogen and oxygen atoms in total. The van der Waals surface area contributed by atoms with Crippen molar-refractivity contribution in [2.24, 2.45) is 0 Å². The molecule has 0 saturated carbocycles. The number of hydrogen-bond donors (Lipinski definition) is 2. The van der Waals surface area contributed by atoms with E-state index in [0.717, 1.165) is 23.5 Å². The van der Waals surface area contributed by atoms with Gasteiger partial charge in [0, 0.05) is 13.1 Å². The summed E-state index contributed by atoms with van der Waals surface area (Å²) in [6.07, 6.45) is 0.740. The van der Waals surface area contributed by atoms with Crippen LogP contribution in [0.1, 0.15) is 17.5 Å². The molecule has 0 bridgehead atoms. The smallest absolute Gasteiger partial charge is 0.315 e. The summed E-state index contributed by atoms with van der Waals surface area (Å²) < 4.78 is 10.7. The Balaban J connectivity index is 1.56. The quantitative estimate of drug-likeness (QED) is 0.731. The zero-order valence-corrected chi connectivity index (χ0v) is 14.2.